The quantitative estimate of drug-likeness (QED) is 0.653. The van der Waals surface area contributed by atoms with Gasteiger partial charge in [0, 0.05) is 46.0 Å². The van der Waals surface area contributed by atoms with Gasteiger partial charge in [-0.3, -0.25) is 4.68 Å². The summed E-state index contributed by atoms with van der Waals surface area (Å²) in [5, 5.41) is 7.22. The zero-order chi connectivity index (χ0) is 15.2. The van der Waals surface area contributed by atoms with Crippen molar-refractivity contribution in [3.63, 3.8) is 0 Å². The fourth-order valence-corrected chi connectivity index (χ4v) is 3.00. The molecule has 0 amide bonds. The number of nitrogens with zero attached hydrogens (tertiary/aromatic N) is 4. The van der Waals surface area contributed by atoms with Crippen LogP contribution in [0.5, 0.6) is 0 Å². The van der Waals surface area contributed by atoms with Gasteiger partial charge in [-0.2, -0.15) is 22.1 Å². The van der Waals surface area contributed by atoms with E-state index in [1.165, 1.54) is 8.61 Å². The van der Waals surface area contributed by atoms with Crippen LogP contribution in [-0.2, 0) is 23.8 Å². The van der Waals surface area contributed by atoms with Crippen LogP contribution in [0.15, 0.2) is 12.4 Å². The average Bonchev–Trinajstić information content (AvgIpc) is 2.79. The number of rotatable bonds is 9. The lowest BCUT2D eigenvalue weighted by atomic mass is 10.4. The van der Waals surface area contributed by atoms with Crippen LogP contribution in [-0.4, -0.2) is 60.5 Å². The second-order valence-electron chi connectivity index (χ2n) is 4.81. The van der Waals surface area contributed by atoms with E-state index in [2.05, 4.69) is 10.4 Å². The Labute approximate surface area is 121 Å². The van der Waals surface area contributed by atoms with Gasteiger partial charge in [0.25, 0.3) is 10.2 Å². The Bertz CT molecular complexity index is 500. The standard InChI is InChI=1S/C12H25N5O2S/c1-5-13-7-6-8-16(3)20(18,19)17(4)11-12-9-14-15(2)10-12/h9-10,13H,5-8,11H2,1-4H3. The first-order valence-electron chi connectivity index (χ1n) is 6.73. The second-order valence-corrected chi connectivity index (χ2v) is 6.96. The number of aryl methyl sites for hydroxylation is 1. The van der Waals surface area contributed by atoms with Gasteiger partial charge in [-0.1, -0.05) is 6.92 Å². The third-order valence-corrected chi connectivity index (χ3v) is 4.92. The minimum absolute atomic E-state index is 0.327. The van der Waals surface area contributed by atoms with Gasteiger partial charge in [0.05, 0.1) is 6.20 Å². The molecule has 0 atom stereocenters. The highest BCUT2D eigenvalue weighted by molar-refractivity contribution is 7.86. The summed E-state index contributed by atoms with van der Waals surface area (Å²) in [6, 6.07) is 0. The van der Waals surface area contributed by atoms with Crippen molar-refractivity contribution < 1.29 is 8.42 Å². The molecule has 1 heterocycles. The fourth-order valence-electron chi connectivity index (χ4n) is 1.85. The molecule has 1 N–H and O–H groups in total. The molecule has 1 rings (SSSR count). The Balaban J connectivity index is 2.53. The van der Waals surface area contributed by atoms with E-state index in [-0.39, 0.29) is 0 Å². The van der Waals surface area contributed by atoms with Gasteiger partial charge in [0.15, 0.2) is 0 Å². The van der Waals surface area contributed by atoms with Gasteiger partial charge in [-0.05, 0) is 19.5 Å². The highest BCUT2D eigenvalue weighted by Gasteiger charge is 2.23. The average molecular weight is 303 g/mol. The van der Waals surface area contributed by atoms with Crippen LogP contribution >= 0.6 is 0 Å². The summed E-state index contributed by atoms with van der Waals surface area (Å²) in [6.45, 7) is 4.59. The topological polar surface area (TPSA) is 70.5 Å². The predicted molar refractivity (Wildman–Crippen MR) is 79.4 cm³/mol. The molecule has 0 aliphatic rings. The van der Waals surface area contributed by atoms with Crippen molar-refractivity contribution >= 4 is 10.2 Å². The highest BCUT2D eigenvalue weighted by Crippen LogP contribution is 2.09. The SMILES string of the molecule is CCNCCCN(C)S(=O)(=O)N(C)Cc1cnn(C)c1. The number of nitrogens with one attached hydrogen (secondary N) is 1. The first kappa shape index (κ1) is 17.1. The van der Waals surface area contributed by atoms with E-state index in [1.807, 2.05) is 20.2 Å². The van der Waals surface area contributed by atoms with Crippen molar-refractivity contribution in [1.29, 1.82) is 0 Å². The predicted octanol–water partition coefficient (Wildman–Crippen LogP) is 0.0281. The zero-order valence-corrected chi connectivity index (χ0v) is 13.5. The third-order valence-electron chi connectivity index (χ3n) is 3.03. The van der Waals surface area contributed by atoms with E-state index < -0.39 is 10.2 Å². The minimum atomic E-state index is -3.41. The molecule has 0 aliphatic heterocycles. The summed E-state index contributed by atoms with van der Waals surface area (Å²) in [5.41, 5.74) is 0.875. The van der Waals surface area contributed by atoms with Gasteiger partial charge < -0.3 is 5.32 Å². The van der Waals surface area contributed by atoms with Crippen LogP contribution in [0.25, 0.3) is 0 Å². The summed E-state index contributed by atoms with van der Waals surface area (Å²) >= 11 is 0. The lowest BCUT2D eigenvalue weighted by molar-refractivity contribution is 0.384. The molecule has 0 spiro atoms. The molecular formula is C12H25N5O2S. The molecule has 0 saturated carbocycles. The second kappa shape index (κ2) is 7.72. The Kier molecular flexibility index (Phi) is 6.60. The molecule has 0 aliphatic carbocycles. The maximum atomic E-state index is 12.3. The Morgan fingerprint density at radius 3 is 2.60 bits per heavy atom. The lowest BCUT2D eigenvalue weighted by Gasteiger charge is -2.24. The van der Waals surface area contributed by atoms with Crippen molar-refractivity contribution in [2.75, 3.05) is 33.7 Å². The molecule has 7 nitrogen and oxygen atoms in total. The first-order chi connectivity index (χ1) is 9.37. The van der Waals surface area contributed by atoms with E-state index in [0.29, 0.717) is 13.1 Å². The van der Waals surface area contributed by atoms with Crippen LogP contribution in [0.2, 0.25) is 0 Å². The molecule has 0 unspecified atom stereocenters. The number of aromatic nitrogens is 2. The van der Waals surface area contributed by atoms with E-state index in [4.69, 9.17) is 0 Å². The van der Waals surface area contributed by atoms with Crippen molar-refractivity contribution in [2.24, 2.45) is 7.05 Å². The Morgan fingerprint density at radius 2 is 2.05 bits per heavy atom. The van der Waals surface area contributed by atoms with Gasteiger partial charge in [-0.15, -0.1) is 0 Å². The summed E-state index contributed by atoms with van der Waals surface area (Å²) in [4.78, 5) is 0. The molecule has 0 saturated heterocycles. The monoisotopic (exact) mass is 303 g/mol. The van der Waals surface area contributed by atoms with Crippen molar-refractivity contribution in [2.45, 2.75) is 19.9 Å². The Morgan fingerprint density at radius 1 is 1.35 bits per heavy atom. The zero-order valence-electron chi connectivity index (χ0n) is 12.7. The van der Waals surface area contributed by atoms with Gasteiger partial charge in [0.2, 0.25) is 0 Å². The van der Waals surface area contributed by atoms with E-state index in [0.717, 1.165) is 25.1 Å². The van der Waals surface area contributed by atoms with Crippen LogP contribution in [0.4, 0.5) is 0 Å². The van der Waals surface area contributed by atoms with E-state index in [9.17, 15) is 8.42 Å². The normalized spacial score (nSPS) is 12.5. The smallest absolute Gasteiger partial charge is 0.281 e. The molecule has 0 radical (unpaired) electrons. The largest absolute Gasteiger partial charge is 0.317 e. The first-order valence-corrected chi connectivity index (χ1v) is 8.13. The molecule has 0 aromatic carbocycles. The van der Waals surface area contributed by atoms with Crippen LogP contribution in [0, 0.1) is 0 Å². The molecule has 0 bridgehead atoms. The molecule has 8 heteroatoms. The van der Waals surface area contributed by atoms with Gasteiger partial charge >= 0.3 is 0 Å². The van der Waals surface area contributed by atoms with Gasteiger partial charge in [0.1, 0.15) is 0 Å². The fraction of sp³-hybridized carbons (Fsp3) is 0.750. The Hall–Kier alpha value is -0.960. The highest BCUT2D eigenvalue weighted by atomic mass is 32.2. The summed E-state index contributed by atoms with van der Waals surface area (Å²) in [5.74, 6) is 0. The van der Waals surface area contributed by atoms with Gasteiger partial charge in [-0.25, -0.2) is 0 Å². The van der Waals surface area contributed by atoms with Crippen molar-refractivity contribution in [3.05, 3.63) is 18.0 Å². The van der Waals surface area contributed by atoms with E-state index >= 15 is 0 Å². The lowest BCUT2D eigenvalue weighted by Crippen LogP contribution is -2.40. The molecule has 1 aromatic rings. The minimum Gasteiger partial charge on any atom is -0.317 e. The maximum absolute atomic E-state index is 12.3. The molecule has 20 heavy (non-hydrogen) atoms. The molecule has 0 fully saturated rings. The maximum Gasteiger partial charge on any atom is 0.281 e. The van der Waals surface area contributed by atoms with E-state index in [1.54, 1.807) is 25.0 Å². The molecule has 1 aromatic heterocycles. The van der Waals surface area contributed by atoms with Crippen molar-refractivity contribution in [3.8, 4) is 0 Å². The number of hydrogen-bond acceptors (Lipinski definition) is 4. The summed E-state index contributed by atoms with van der Waals surface area (Å²) < 4.78 is 29.0. The van der Waals surface area contributed by atoms with Crippen LogP contribution in [0.1, 0.15) is 18.9 Å². The van der Waals surface area contributed by atoms with Crippen LogP contribution in [0.3, 0.4) is 0 Å². The third kappa shape index (κ3) is 4.86. The number of hydrogen-bond donors (Lipinski definition) is 1. The molecular weight excluding hydrogens is 278 g/mol. The summed E-state index contributed by atoms with van der Waals surface area (Å²) in [6.07, 6.45) is 4.29. The van der Waals surface area contributed by atoms with Crippen molar-refractivity contribution in [1.82, 2.24) is 23.7 Å². The van der Waals surface area contributed by atoms with Crippen LogP contribution < -0.4 is 5.32 Å². The summed E-state index contributed by atoms with van der Waals surface area (Å²) in [7, 11) is 1.60. The molecule has 116 valence electrons.